The Hall–Kier alpha value is -3.79. The van der Waals surface area contributed by atoms with E-state index in [1.807, 2.05) is 19.9 Å². The van der Waals surface area contributed by atoms with Crippen molar-refractivity contribution in [2.24, 2.45) is 0 Å². The third-order valence-corrected chi connectivity index (χ3v) is 5.53. The third kappa shape index (κ3) is 5.40. The van der Waals surface area contributed by atoms with Crippen molar-refractivity contribution in [3.05, 3.63) is 65.6 Å². The number of carbonyl (C=O) groups is 2. The van der Waals surface area contributed by atoms with E-state index in [9.17, 15) is 14.7 Å². The summed E-state index contributed by atoms with van der Waals surface area (Å²) in [5, 5.41) is 21.7. The van der Waals surface area contributed by atoms with Crippen LogP contribution in [0.15, 0.2) is 48.9 Å². The summed E-state index contributed by atoms with van der Waals surface area (Å²) in [6.07, 6.45) is 4.43. The number of methoxy groups -OCH3 is 1. The molecule has 0 aliphatic heterocycles. The average Bonchev–Trinajstić information content (AvgIpc) is 3.40. The van der Waals surface area contributed by atoms with Crippen LogP contribution in [0.1, 0.15) is 59.6 Å². The SMILES string of the molecule is CCC(CN(CC)C(=O)c1ccccc1-n1nccn1)Nc1nccc(C(C)O)c1C(=O)OC. The van der Waals surface area contributed by atoms with Gasteiger partial charge in [-0.05, 0) is 44.0 Å². The molecule has 34 heavy (non-hydrogen) atoms. The van der Waals surface area contributed by atoms with Crippen LogP contribution in [-0.2, 0) is 4.74 Å². The molecule has 2 aromatic heterocycles. The number of esters is 1. The lowest BCUT2D eigenvalue weighted by molar-refractivity contribution is 0.0594. The number of rotatable bonds is 10. The standard InChI is InChI=1S/C24H30N6O4/c1-5-17(28-22-21(24(33)34-4)18(16(3)31)11-12-25-22)15-29(6-2)23(32)19-9-7-8-10-20(19)30-26-13-14-27-30/h7-14,16-17,31H,5-6,15H2,1-4H3,(H,25,28). The molecule has 0 aliphatic carbocycles. The number of ether oxygens (including phenoxy) is 1. The number of nitrogens with one attached hydrogen (secondary N) is 1. The lowest BCUT2D eigenvalue weighted by atomic mass is 10.0. The second-order valence-corrected chi connectivity index (χ2v) is 7.72. The first-order valence-corrected chi connectivity index (χ1v) is 11.2. The molecule has 2 N–H and O–H groups in total. The van der Waals surface area contributed by atoms with Crippen LogP contribution in [0.5, 0.6) is 0 Å². The zero-order valence-electron chi connectivity index (χ0n) is 19.8. The van der Waals surface area contributed by atoms with Gasteiger partial charge in [-0.1, -0.05) is 19.1 Å². The minimum atomic E-state index is -0.876. The van der Waals surface area contributed by atoms with Crippen LogP contribution < -0.4 is 5.32 Å². The van der Waals surface area contributed by atoms with Crippen molar-refractivity contribution < 1.29 is 19.4 Å². The predicted octanol–water partition coefficient (Wildman–Crippen LogP) is 2.86. The number of hydrogen-bond donors (Lipinski definition) is 2. The Balaban J connectivity index is 1.87. The van der Waals surface area contributed by atoms with Crippen LogP contribution in [-0.4, -0.2) is 68.1 Å². The van der Waals surface area contributed by atoms with E-state index in [4.69, 9.17) is 4.74 Å². The number of likely N-dealkylation sites (N-methyl/N-ethyl adjacent to an activating group) is 1. The van der Waals surface area contributed by atoms with Crippen molar-refractivity contribution in [2.75, 3.05) is 25.5 Å². The Kier molecular flexibility index (Phi) is 8.31. The molecular weight excluding hydrogens is 436 g/mol. The minimum absolute atomic E-state index is 0.158. The fourth-order valence-corrected chi connectivity index (χ4v) is 3.68. The molecule has 1 amide bonds. The molecule has 0 spiro atoms. The van der Waals surface area contributed by atoms with Gasteiger partial charge in [-0.3, -0.25) is 4.79 Å². The van der Waals surface area contributed by atoms with E-state index in [-0.39, 0.29) is 17.5 Å². The quantitative estimate of drug-likeness (QED) is 0.437. The molecule has 2 atom stereocenters. The first kappa shape index (κ1) is 24.8. The normalized spacial score (nSPS) is 12.6. The topological polar surface area (TPSA) is 122 Å². The largest absolute Gasteiger partial charge is 0.465 e. The van der Waals surface area contributed by atoms with Gasteiger partial charge < -0.3 is 20.1 Å². The summed E-state index contributed by atoms with van der Waals surface area (Å²) in [6, 6.07) is 8.56. The monoisotopic (exact) mass is 466 g/mol. The summed E-state index contributed by atoms with van der Waals surface area (Å²) in [5.74, 6) is -0.443. The van der Waals surface area contributed by atoms with E-state index >= 15 is 0 Å². The molecule has 3 rings (SSSR count). The summed E-state index contributed by atoms with van der Waals surface area (Å²) < 4.78 is 4.92. The summed E-state index contributed by atoms with van der Waals surface area (Å²) >= 11 is 0. The van der Waals surface area contributed by atoms with Gasteiger partial charge in [-0.15, -0.1) is 0 Å². The fraction of sp³-hybridized carbons (Fsp3) is 0.375. The minimum Gasteiger partial charge on any atom is -0.465 e. The highest BCUT2D eigenvalue weighted by Crippen LogP contribution is 2.25. The average molecular weight is 467 g/mol. The van der Waals surface area contributed by atoms with Crippen molar-refractivity contribution in [2.45, 2.75) is 39.3 Å². The number of carbonyl (C=O) groups excluding carboxylic acids is 2. The van der Waals surface area contributed by atoms with E-state index < -0.39 is 12.1 Å². The van der Waals surface area contributed by atoms with Gasteiger partial charge in [0.1, 0.15) is 11.4 Å². The molecule has 2 unspecified atom stereocenters. The number of amides is 1. The van der Waals surface area contributed by atoms with Gasteiger partial charge in [-0.25, -0.2) is 9.78 Å². The van der Waals surface area contributed by atoms with Gasteiger partial charge in [0.05, 0.1) is 36.9 Å². The van der Waals surface area contributed by atoms with Crippen LogP contribution in [0.25, 0.3) is 5.69 Å². The second-order valence-electron chi connectivity index (χ2n) is 7.72. The zero-order chi connectivity index (χ0) is 24.7. The number of hydrogen-bond acceptors (Lipinski definition) is 8. The van der Waals surface area contributed by atoms with Crippen molar-refractivity contribution in [3.8, 4) is 5.69 Å². The van der Waals surface area contributed by atoms with Crippen LogP contribution >= 0.6 is 0 Å². The molecular formula is C24H30N6O4. The number of anilines is 1. The third-order valence-electron chi connectivity index (χ3n) is 5.53. The first-order chi connectivity index (χ1) is 16.4. The van der Waals surface area contributed by atoms with Crippen LogP contribution in [0.2, 0.25) is 0 Å². The van der Waals surface area contributed by atoms with Crippen LogP contribution in [0.3, 0.4) is 0 Å². The van der Waals surface area contributed by atoms with Gasteiger partial charge in [0.2, 0.25) is 0 Å². The molecule has 3 aromatic rings. The number of nitrogens with zero attached hydrogens (tertiary/aromatic N) is 5. The molecule has 10 heteroatoms. The maximum Gasteiger partial charge on any atom is 0.342 e. The first-order valence-electron chi connectivity index (χ1n) is 11.2. The molecule has 0 radical (unpaired) electrons. The maximum atomic E-state index is 13.5. The summed E-state index contributed by atoms with van der Waals surface area (Å²) in [7, 11) is 1.28. The van der Waals surface area contributed by atoms with E-state index in [1.165, 1.54) is 18.1 Å². The fourth-order valence-electron chi connectivity index (χ4n) is 3.68. The van der Waals surface area contributed by atoms with Crippen molar-refractivity contribution >= 4 is 17.7 Å². The molecule has 2 heterocycles. The number of pyridine rings is 1. The highest BCUT2D eigenvalue weighted by Gasteiger charge is 2.25. The van der Waals surface area contributed by atoms with Crippen molar-refractivity contribution in [1.29, 1.82) is 0 Å². The van der Waals surface area contributed by atoms with Crippen molar-refractivity contribution in [1.82, 2.24) is 24.9 Å². The number of aliphatic hydroxyl groups excluding tert-OH is 1. The smallest absolute Gasteiger partial charge is 0.342 e. The highest BCUT2D eigenvalue weighted by atomic mass is 16.5. The Morgan fingerprint density at radius 3 is 2.47 bits per heavy atom. The van der Waals surface area contributed by atoms with Gasteiger partial charge in [-0.2, -0.15) is 15.0 Å². The summed E-state index contributed by atoms with van der Waals surface area (Å²) in [6.45, 7) is 6.31. The summed E-state index contributed by atoms with van der Waals surface area (Å²) in [5.41, 5.74) is 1.68. The molecule has 1 aromatic carbocycles. The van der Waals surface area contributed by atoms with Gasteiger partial charge in [0.15, 0.2) is 0 Å². The number of aliphatic hydroxyl groups is 1. The molecule has 0 bridgehead atoms. The zero-order valence-corrected chi connectivity index (χ0v) is 19.8. The van der Waals surface area contributed by atoms with Crippen molar-refractivity contribution in [3.63, 3.8) is 0 Å². The lowest BCUT2D eigenvalue weighted by Gasteiger charge is -2.28. The Morgan fingerprint density at radius 1 is 1.15 bits per heavy atom. The Bertz CT molecular complexity index is 1120. The molecule has 0 saturated heterocycles. The van der Waals surface area contributed by atoms with E-state index in [2.05, 4.69) is 20.5 Å². The Labute approximate surface area is 198 Å². The molecule has 10 nitrogen and oxygen atoms in total. The lowest BCUT2D eigenvalue weighted by Crippen LogP contribution is -2.41. The van der Waals surface area contributed by atoms with Gasteiger partial charge >= 0.3 is 5.97 Å². The van der Waals surface area contributed by atoms with Gasteiger partial charge in [0, 0.05) is 25.3 Å². The van der Waals surface area contributed by atoms with Crippen LogP contribution in [0, 0.1) is 0 Å². The van der Waals surface area contributed by atoms with Gasteiger partial charge in [0.25, 0.3) is 5.91 Å². The number of benzene rings is 1. The van der Waals surface area contributed by atoms with Crippen LogP contribution in [0.4, 0.5) is 5.82 Å². The van der Waals surface area contributed by atoms with E-state index in [0.717, 1.165) is 0 Å². The second kappa shape index (κ2) is 11.4. The van der Waals surface area contributed by atoms with E-state index in [0.29, 0.717) is 42.1 Å². The number of aromatic nitrogens is 4. The molecule has 180 valence electrons. The highest BCUT2D eigenvalue weighted by molar-refractivity contribution is 5.98. The Morgan fingerprint density at radius 2 is 1.85 bits per heavy atom. The molecule has 0 saturated carbocycles. The predicted molar refractivity (Wildman–Crippen MR) is 127 cm³/mol. The van der Waals surface area contributed by atoms with E-state index in [1.54, 1.807) is 48.5 Å². The molecule has 0 aliphatic rings. The maximum absolute atomic E-state index is 13.5. The number of para-hydroxylation sites is 1. The summed E-state index contributed by atoms with van der Waals surface area (Å²) in [4.78, 5) is 33.4. The molecule has 0 fully saturated rings.